The van der Waals surface area contributed by atoms with Gasteiger partial charge in [0.05, 0.1) is 6.61 Å². The Morgan fingerprint density at radius 3 is 2.59 bits per heavy atom. The highest BCUT2D eigenvalue weighted by molar-refractivity contribution is 5.67. The summed E-state index contributed by atoms with van der Waals surface area (Å²) in [7, 11) is 1.61. The van der Waals surface area contributed by atoms with Gasteiger partial charge in [-0.2, -0.15) is 4.98 Å². The molecule has 0 bridgehead atoms. The first-order chi connectivity index (χ1) is 7.94. The molecule has 17 heavy (non-hydrogen) atoms. The average molecular weight is 240 g/mol. The number of rotatable bonds is 5. The van der Waals surface area contributed by atoms with Crippen molar-refractivity contribution in [1.29, 1.82) is 0 Å². The largest absolute Gasteiger partial charge is 0.474 e. The molecular weight excluding hydrogens is 220 g/mol. The van der Waals surface area contributed by atoms with Crippen LogP contribution >= 0.6 is 0 Å². The van der Waals surface area contributed by atoms with Gasteiger partial charge < -0.3 is 20.5 Å². The van der Waals surface area contributed by atoms with E-state index in [9.17, 15) is 0 Å². The maximum absolute atomic E-state index is 5.92. The van der Waals surface area contributed by atoms with Crippen LogP contribution in [0.4, 0.5) is 11.5 Å². The molecule has 0 unspecified atom stereocenters. The molecule has 1 heterocycles. The Bertz CT molecular complexity index is 363. The van der Waals surface area contributed by atoms with Gasteiger partial charge in [-0.25, -0.2) is 4.98 Å². The Labute approximate surface area is 102 Å². The summed E-state index contributed by atoms with van der Waals surface area (Å²) in [6, 6.07) is 0. The van der Waals surface area contributed by atoms with Crippen LogP contribution in [-0.4, -0.2) is 35.8 Å². The van der Waals surface area contributed by atoms with Crippen molar-refractivity contribution in [2.75, 3.05) is 31.4 Å². The van der Waals surface area contributed by atoms with Gasteiger partial charge in [0.2, 0.25) is 5.88 Å². The fraction of sp³-hybridized carbons (Fsp3) is 0.636. The zero-order chi connectivity index (χ0) is 12.9. The molecule has 0 saturated heterocycles. The normalized spacial score (nSPS) is 11.3. The minimum absolute atomic E-state index is 0.119. The van der Waals surface area contributed by atoms with E-state index in [4.69, 9.17) is 15.2 Å². The van der Waals surface area contributed by atoms with Gasteiger partial charge >= 0.3 is 0 Å². The van der Waals surface area contributed by atoms with Gasteiger partial charge in [0.15, 0.2) is 5.82 Å². The van der Waals surface area contributed by atoms with Crippen LogP contribution in [0.2, 0.25) is 0 Å². The molecule has 0 amide bonds. The number of nitrogens with two attached hydrogens (primary N) is 1. The van der Waals surface area contributed by atoms with Crippen LogP contribution in [0.1, 0.15) is 20.8 Å². The number of hydrogen-bond donors (Lipinski definition) is 2. The molecule has 0 aliphatic carbocycles. The fourth-order valence-electron chi connectivity index (χ4n) is 1.17. The van der Waals surface area contributed by atoms with E-state index < -0.39 is 0 Å². The van der Waals surface area contributed by atoms with Crippen molar-refractivity contribution >= 4 is 11.5 Å². The van der Waals surface area contributed by atoms with E-state index >= 15 is 0 Å². The van der Waals surface area contributed by atoms with E-state index in [0.29, 0.717) is 30.6 Å². The van der Waals surface area contributed by atoms with Crippen LogP contribution in [0.5, 0.6) is 5.88 Å². The Kier molecular flexibility index (Phi) is 4.51. The third-order valence-electron chi connectivity index (χ3n) is 1.87. The molecule has 1 aromatic heterocycles. The molecule has 96 valence electrons. The van der Waals surface area contributed by atoms with Gasteiger partial charge in [0.25, 0.3) is 0 Å². The lowest BCUT2D eigenvalue weighted by molar-refractivity contribution is 0.144. The molecular formula is C11H20N4O2. The van der Waals surface area contributed by atoms with Crippen molar-refractivity contribution in [3.63, 3.8) is 0 Å². The van der Waals surface area contributed by atoms with E-state index in [1.54, 1.807) is 7.11 Å². The maximum Gasteiger partial charge on any atom is 0.242 e. The number of anilines is 2. The topological polar surface area (TPSA) is 82.3 Å². The molecule has 1 aromatic rings. The van der Waals surface area contributed by atoms with Crippen molar-refractivity contribution in [1.82, 2.24) is 9.97 Å². The van der Waals surface area contributed by atoms with Crippen molar-refractivity contribution in [2.45, 2.75) is 26.3 Å². The summed E-state index contributed by atoms with van der Waals surface area (Å²) >= 11 is 0. The zero-order valence-electron chi connectivity index (χ0n) is 10.8. The molecule has 1 rings (SSSR count). The summed E-state index contributed by atoms with van der Waals surface area (Å²) in [6.07, 6.45) is 1.42. The fourth-order valence-corrected chi connectivity index (χ4v) is 1.17. The van der Waals surface area contributed by atoms with Crippen molar-refractivity contribution in [2.24, 2.45) is 0 Å². The molecule has 6 nitrogen and oxygen atoms in total. The molecule has 6 heteroatoms. The van der Waals surface area contributed by atoms with Gasteiger partial charge in [-0.05, 0) is 20.8 Å². The Morgan fingerprint density at radius 2 is 2.00 bits per heavy atom. The molecule has 0 saturated carbocycles. The second-order valence-electron chi connectivity index (χ2n) is 4.66. The number of nitrogens with zero attached hydrogens (tertiary/aromatic N) is 2. The molecule has 0 aliphatic rings. The Morgan fingerprint density at radius 1 is 1.29 bits per heavy atom. The van der Waals surface area contributed by atoms with Crippen molar-refractivity contribution in [3.05, 3.63) is 6.33 Å². The quantitative estimate of drug-likeness (QED) is 0.755. The van der Waals surface area contributed by atoms with E-state index in [-0.39, 0.29) is 5.54 Å². The number of hydrogen-bond acceptors (Lipinski definition) is 6. The molecule has 3 N–H and O–H groups in total. The van der Waals surface area contributed by atoms with Crippen LogP contribution in [0.3, 0.4) is 0 Å². The van der Waals surface area contributed by atoms with Crippen LogP contribution in [-0.2, 0) is 4.74 Å². The molecule has 0 aromatic carbocycles. The summed E-state index contributed by atoms with van der Waals surface area (Å²) in [5.41, 5.74) is 6.22. The second-order valence-corrected chi connectivity index (χ2v) is 4.66. The highest BCUT2D eigenvalue weighted by atomic mass is 16.5. The third kappa shape index (κ3) is 4.44. The maximum atomic E-state index is 5.92. The molecule has 0 spiro atoms. The van der Waals surface area contributed by atoms with E-state index in [1.807, 2.05) is 20.8 Å². The first-order valence-corrected chi connectivity index (χ1v) is 5.44. The molecule has 0 atom stereocenters. The van der Waals surface area contributed by atoms with E-state index in [0.717, 1.165) is 0 Å². The van der Waals surface area contributed by atoms with E-state index in [2.05, 4.69) is 15.3 Å². The van der Waals surface area contributed by atoms with Gasteiger partial charge in [0.1, 0.15) is 18.6 Å². The standard InChI is InChI=1S/C11H20N4O2/c1-11(2,3)15-9-8(12)10(14-7-13-9)17-6-5-16-4/h7H,5-6,12H2,1-4H3,(H,13,14,15). The number of ether oxygens (including phenoxy) is 2. The van der Waals surface area contributed by atoms with Crippen LogP contribution in [0, 0.1) is 0 Å². The first-order valence-electron chi connectivity index (χ1n) is 5.44. The van der Waals surface area contributed by atoms with Crippen molar-refractivity contribution < 1.29 is 9.47 Å². The Hall–Kier alpha value is -1.56. The predicted octanol–water partition coefficient (Wildman–Crippen LogP) is 1.29. The van der Waals surface area contributed by atoms with Gasteiger partial charge in [-0.1, -0.05) is 0 Å². The number of aromatic nitrogens is 2. The van der Waals surface area contributed by atoms with Crippen LogP contribution in [0.25, 0.3) is 0 Å². The molecule has 0 aliphatic heterocycles. The monoisotopic (exact) mass is 240 g/mol. The lowest BCUT2D eigenvalue weighted by atomic mass is 10.1. The second kappa shape index (κ2) is 5.67. The highest BCUT2D eigenvalue weighted by Gasteiger charge is 2.15. The lowest BCUT2D eigenvalue weighted by Crippen LogP contribution is -2.27. The average Bonchev–Trinajstić information content (AvgIpc) is 2.22. The lowest BCUT2D eigenvalue weighted by Gasteiger charge is -2.22. The molecule has 0 radical (unpaired) electrons. The zero-order valence-corrected chi connectivity index (χ0v) is 10.8. The summed E-state index contributed by atoms with van der Waals surface area (Å²) in [5, 5.41) is 3.19. The number of methoxy groups -OCH3 is 1. The summed E-state index contributed by atoms with van der Waals surface area (Å²) < 4.78 is 10.3. The minimum atomic E-state index is -0.119. The highest BCUT2D eigenvalue weighted by Crippen LogP contribution is 2.26. The molecule has 0 fully saturated rings. The minimum Gasteiger partial charge on any atom is -0.474 e. The van der Waals surface area contributed by atoms with Gasteiger partial charge in [0, 0.05) is 12.6 Å². The summed E-state index contributed by atoms with van der Waals surface area (Å²) in [4.78, 5) is 8.08. The Balaban J connectivity index is 2.76. The van der Waals surface area contributed by atoms with Crippen LogP contribution in [0.15, 0.2) is 6.33 Å². The smallest absolute Gasteiger partial charge is 0.242 e. The van der Waals surface area contributed by atoms with Crippen LogP contribution < -0.4 is 15.8 Å². The summed E-state index contributed by atoms with van der Waals surface area (Å²) in [5.74, 6) is 0.962. The predicted molar refractivity (Wildman–Crippen MR) is 67.2 cm³/mol. The van der Waals surface area contributed by atoms with Gasteiger partial charge in [-0.15, -0.1) is 0 Å². The number of nitrogens with one attached hydrogen (secondary N) is 1. The summed E-state index contributed by atoms with van der Waals surface area (Å²) in [6.45, 7) is 6.98. The van der Waals surface area contributed by atoms with E-state index in [1.165, 1.54) is 6.33 Å². The van der Waals surface area contributed by atoms with Crippen molar-refractivity contribution in [3.8, 4) is 5.88 Å². The third-order valence-corrected chi connectivity index (χ3v) is 1.87. The first kappa shape index (κ1) is 13.5. The SMILES string of the molecule is COCCOc1ncnc(NC(C)(C)C)c1N. The number of nitrogen functional groups attached to an aromatic ring is 1. The van der Waals surface area contributed by atoms with Gasteiger partial charge in [-0.3, -0.25) is 0 Å².